The summed E-state index contributed by atoms with van der Waals surface area (Å²) in [6.07, 6.45) is 1.76. The second-order valence-corrected chi connectivity index (χ2v) is 4.27. The Bertz CT molecular complexity index is 312. The van der Waals surface area contributed by atoms with Crippen LogP contribution in [0.4, 0.5) is 5.95 Å². The van der Waals surface area contributed by atoms with Crippen LogP contribution in [0.2, 0.25) is 0 Å². The summed E-state index contributed by atoms with van der Waals surface area (Å²) in [6.45, 7) is 6.07. The third kappa shape index (κ3) is 2.35. The molecule has 0 bridgehead atoms. The fraction of sp³-hybridized carbons (Fsp3) is 0.600. The van der Waals surface area contributed by atoms with Crippen molar-refractivity contribution >= 4 is 17.5 Å². The second-order valence-electron chi connectivity index (χ2n) is 4.00. The van der Waals surface area contributed by atoms with Gasteiger partial charge in [0.1, 0.15) is 0 Å². The third-order valence-electron chi connectivity index (χ3n) is 2.32. The molecular formula is C10H16ClN3. The lowest BCUT2D eigenvalue weighted by Gasteiger charge is -2.33. The SMILES string of the molecule is Cc1ccnc(N(C)C(C)(C)CCl)n1. The number of halogens is 1. The van der Waals surface area contributed by atoms with Crippen molar-refractivity contribution in [2.75, 3.05) is 17.8 Å². The van der Waals surface area contributed by atoms with E-state index in [-0.39, 0.29) is 5.54 Å². The van der Waals surface area contributed by atoms with Crippen LogP contribution in [-0.4, -0.2) is 28.4 Å². The molecule has 0 aliphatic heterocycles. The van der Waals surface area contributed by atoms with Crippen molar-refractivity contribution in [1.29, 1.82) is 0 Å². The minimum atomic E-state index is -0.130. The summed E-state index contributed by atoms with van der Waals surface area (Å²) >= 11 is 5.88. The Hall–Kier alpha value is -0.830. The molecule has 1 heterocycles. The molecule has 1 aromatic rings. The number of aromatic nitrogens is 2. The van der Waals surface area contributed by atoms with Gasteiger partial charge in [-0.15, -0.1) is 11.6 Å². The van der Waals surface area contributed by atoms with E-state index in [0.717, 1.165) is 11.6 Å². The van der Waals surface area contributed by atoms with Crippen molar-refractivity contribution in [3.63, 3.8) is 0 Å². The molecule has 0 aromatic carbocycles. The van der Waals surface area contributed by atoms with E-state index in [1.807, 2.05) is 24.9 Å². The average Bonchev–Trinajstić information content (AvgIpc) is 2.16. The number of hydrogen-bond donors (Lipinski definition) is 0. The van der Waals surface area contributed by atoms with Crippen LogP contribution in [0, 0.1) is 6.92 Å². The molecule has 78 valence electrons. The molecule has 3 nitrogen and oxygen atoms in total. The minimum absolute atomic E-state index is 0.130. The van der Waals surface area contributed by atoms with Crippen LogP contribution in [0.5, 0.6) is 0 Å². The zero-order valence-electron chi connectivity index (χ0n) is 9.08. The van der Waals surface area contributed by atoms with E-state index in [0.29, 0.717) is 5.88 Å². The molecule has 1 rings (SSSR count). The molecule has 0 fully saturated rings. The van der Waals surface area contributed by atoms with Crippen molar-refractivity contribution in [3.8, 4) is 0 Å². The molecule has 0 saturated heterocycles. The standard InChI is InChI=1S/C10H16ClN3/c1-8-5-6-12-9(13-8)14(4)10(2,3)7-11/h5-6H,7H2,1-4H3. The van der Waals surface area contributed by atoms with Gasteiger partial charge in [-0.1, -0.05) is 0 Å². The molecule has 0 atom stereocenters. The fourth-order valence-electron chi connectivity index (χ4n) is 0.958. The maximum atomic E-state index is 5.88. The molecule has 0 radical (unpaired) electrons. The molecule has 4 heteroatoms. The molecule has 0 aliphatic carbocycles. The highest BCUT2D eigenvalue weighted by Crippen LogP contribution is 2.19. The largest absolute Gasteiger partial charge is 0.338 e. The second kappa shape index (κ2) is 4.13. The highest BCUT2D eigenvalue weighted by atomic mass is 35.5. The smallest absolute Gasteiger partial charge is 0.225 e. The predicted molar refractivity (Wildman–Crippen MR) is 60.0 cm³/mol. The average molecular weight is 214 g/mol. The number of alkyl halides is 1. The summed E-state index contributed by atoms with van der Waals surface area (Å²) in [6, 6.07) is 1.88. The van der Waals surface area contributed by atoms with E-state index < -0.39 is 0 Å². The monoisotopic (exact) mass is 213 g/mol. The topological polar surface area (TPSA) is 29.0 Å². The lowest BCUT2D eigenvalue weighted by atomic mass is 10.1. The Balaban J connectivity index is 2.94. The van der Waals surface area contributed by atoms with Crippen LogP contribution in [0.25, 0.3) is 0 Å². The number of aryl methyl sites for hydroxylation is 1. The van der Waals surface area contributed by atoms with E-state index in [4.69, 9.17) is 11.6 Å². The van der Waals surface area contributed by atoms with Crippen LogP contribution < -0.4 is 4.90 Å². The first-order chi connectivity index (χ1) is 6.47. The van der Waals surface area contributed by atoms with Crippen molar-refractivity contribution in [2.45, 2.75) is 26.3 Å². The van der Waals surface area contributed by atoms with E-state index >= 15 is 0 Å². The zero-order chi connectivity index (χ0) is 10.8. The van der Waals surface area contributed by atoms with Crippen LogP contribution in [0.15, 0.2) is 12.3 Å². The highest BCUT2D eigenvalue weighted by molar-refractivity contribution is 6.18. The van der Waals surface area contributed by atoms with E-state index in [1.54, 1.807) is 6.20 Å². The highest BCUT2D eigenvalue weighted by Gasteiger charge is 2.24. The quantitative estimate of drug-likeness (QED) is 0.722. The first-order valence-corrected chi connectivity index (χ1v) is 5.10. The van der Waals surface area contributed by atoms with Crippen molar-refractivity contribution in [3.05, 3.63) is 18.0 Å². The van der Waals surface area contributed by atoms with Crippen LogP contribution in [-0.2, 0) is 0 Å². The Kier molecular flexibility index (Phi) is 3.32. The van der Waals surface area contributed by atoms with E-state index in [9.17, 15) is 0 Å². The molecule has 14 heavy (non-hydrogen) atoms. The minimum Gasteiger partial charge on any atom is -0.338 e. The number of rotatable bonds is 3. The van der Waals surface area contributed by atoms with Gasteiger partial charge in [-0.05, 0) is 26.8 Å². The van der Waals surface area contributed by atoms with Gasteiger partial charge in [0, 0.05) is 24.8 Å². The summed E-state index contributed by atoms with van der Waals surface area (Å²) in [5.41, 5.74) is 0.835. The van der Waals surface area contributed by atoms with Gasteiger partial charge in [-0.3, -0.25) is 0 Å². The molecule has 1 aromatic heterocycles. The molecule has 0 spiro atoms. The van der Waals surface area contributed by atoms with Gasteiger partial charge in [0.15, 0.2) is 0 Å². The first kappa shape index (κ1) is 11.2. The maximum absolute atomic E-state index is 5.88. The summed E-state index contributed by atoms with van der Waals surface area (Å²) in [5, 5.41) is 0. The predicted octanol–water partition coefficient (Wildman–Crippen LogP) is 2.24. The van der Waals surface area contributed by atoms with E-state index in [2.05, 4.69) is 23.8 Å². The lowest BCUT2D eigenvalue weighted by Crippen LogP contribution is -2.43. The zero-order valence-corrected chi connectivity index (χ0v) is 9.84. The Labute approximate surface area is 90.1 Å². The normalized spacial score (nSPS) is 11.5. The third-order valence-corrected chi connectivity index (χ3v) is 2.97. The molecule has 0 aliphatic rings. The van der Waals surface area contributed by atoms with Gasteiger partial charge in [0.25, 0.3) is 0 Å². The number of nitrogens with zero attached hydrogens (tertiary/aromatic N) is 3. The van der Waals surface area contributed by atoms with Gasteiger partial charge in [0.05, 0.1) is 5.54 Å². The number of anilines is 1. The van der Waals surface area contributed by atoms with Crippen LogP contribution >= 0.6 is 11.6 Å². The van der Waals surface area contributed by atoms with Crippen molar-refractivity contribution in [1.82, 2.24) is 9.97 Å². The Morgan fingerprint density at radius 2 is 2.14 bits per heavy atom. The summed E-state index contributed by atoms with van der Waals surface area (Å²) in [4.78, 5) is 10.5. The summed E-state index contributed by atoms with van der Waals surface area (Å²) in [7, 11) is 1.96. The van der Waals surface area contributed by atoms with Crippen molar-refractivity contribution < 1.29 is 0 Å². The molecule has 0 unspecified atom stereocenters. The lowest BCUT2D eigenvalue weighted by molar-refractivity contribution is 0.534. The van der Waals surface area contributed by atoms with Crippen LogP contribution in [0.1, 0.15) is 19.5 Å². The number of hydrogen-bond acceptors (Lipinski definition) is 3. The molecule has 0 amide bonds. The first-order valence-electron chi connectivity index (χ1n) is 4.57. The molecule has 0 saturated carbocycles. The Morgan fingerprint density at radius 1 is 1.50 bits per heavy atom. The Morgan fingerprint density at radius 3 is 2.64 bits per heavy atom. The van der Waals surface area contributed by atoms with Gasteiger partial charge < -0.3 is 4.90 Å². The van der Waals surface area contributed by atoms with Crippen molar-refractivity contribution in [2.24, 2.45) is 0 Å². The molecular weight excluding hydrogens is 198 g/mol. The van der Waals surface area contributed by atoms with Gasteiger partial charge in [0.2, 0.25) is 5.95 Å². The summed E-state index contributed by atoms with van der Waals surface area (Å²) < 4.78 is 0. The van der Waals surface area contributed by atoms with Gasteiger partial charge in [-0.25, -0.2) is 9.97 Å². The van der Waals surface area contributed by atoms with Gasteiger partial charge in [-0.2, -0.15) is 0 Å². The summed E-state index contributed by atoms with van der Waals surface area (Å²) in [5.74, 6) is 1.26. The fourth-order valence-corrected chi connectivity index (χ4v) is 1.14. The van der Waals surface area contributed by atoms with E-state index in [1.165, 1.54) is 0 Å². The molecule has 0 N–H and O–H groups in total. The maximum Gasteiger partial charge on any atom is 0.225 e. The van der Waals surface area contributed by atoms with Gasteiger partial charge >= 0.3 is 0 Å². The van der Waals surface area contributed by atoms with Crippen LogP contribution in [0.3, 0.4) is 0 Å².